The van der Waals surface area contributed by atoms with Gasteiger partial charge in [-0.05, 0) is 31.1 Å². The molecule has 0 unspecified atom stereocenters. The monoisotopic (exact) mass is 287 g/mol. The molecular weight excluding hydrogens is 266 g/mol. The second-order valence-corrected chi connectivity index (χ2v) is 4.89. The van der Waals surface area contributed by atoms with E-state index in [-0.39, 0.29) is 5.91 Å². The summed E-state index contributed by atoms with van der Waals surface area (Å²) in [5.74, 6) is 0.0944. The lowest BCUT2D eigenvalue weighted by Gasteiger charge is -2.07. The predicted octanol–water partition coefficient (Wildman–Crippen LogP) is 0.942. The van der Waals surface area contributed by atoms with Gasteiger partial charge in [-0.3, -0.25) is 4.79 Å². The first kappa shape index (κ1) is 15.2. The van der Waals surface area contributed by atoms with E-state index in [9.17, 15) is 4.79 Å². The molecule has 0 fully saturated rings. The lowest BCUT2D eigenvalue weighted by Crippen LogP contribution is -2.23. The highest BCUT2D eigenvalue weighted by molar-refractivity contribution is 5.75. The smallest absolute Gasteiger partial charge is 0.220 e. The third kappa shape index (κ3) is 5.35. The Morgan fingerprint density at radius 1 is 1.24 bits per heavy atom. The number of rotatable bonds is 8. The molecule has 2 aromatic rings. The fraction of sp³-hybridized carbons (Fsp3) is 0.400. The molecule has 0 aliphatic carbocycles. The standard InChI is InChI=1S/C15H21N5O/c1-16-8-2-3-15(21)18-9-13-4-6-14(7-5-13)10-20-12-17-11-19-20/h4-7,11-12,16H,2-3,8-10H2,1H3,(H,18,21). The first-order chi connectivity index (χ1) is 10.3. The van der Waals surface area contributed by atoms with E-state index in [0.717, 1.165) is 24.1 Å². The highest BCUT2D eigenvalue weighted by Gasteiger charge is 2.01. The topological polar surface area (TPSA) is 71.8 Å². The fourth-order valence-electron chi connectivity index (χ4n) is 1.98. The molecule has 1 aromatic heterocycles. The van der Waals surface area contributed by atoms with Crippen LogP contribution in [-0.2, 0) is 17.9 Å². The van der Waals surface area contributed by atoms with Gasteiger partial charge in [0.15, 0.2) is 0 Å². The van der Waals surface area contributed by atoms with Crippen molar-refractivity contribution in [3.8, 4) is 0 Å². The van der Waals surface area contributed by atoms with Gasteiger partial charge in [0.1, 0.15) is 12.7 Å². The molecule has 2 N–H and O–H groups in total. The van der Waals surface area contributed by atoms with Crippen LogP contribution < -0.4 is 10.6 Å². The molecule has 21 heavy (non-hydrogen) atoms. The minimum Gasteiger partial charge on any atom is -0.352 e. The van der Waals surface area contributed by atoms with E-state index in [2.05, 4.69) is 20.7 Å². The largest absolute Gasteiger partial charge is 0.352 e. The van der Waals surface area contributed by atoms with Crippen molar-refractivity contribution in [1.29, 1.82) is 0 Å². The van der Waals surface area contributed by atoms with Crippen LogP contribution >= 0.6 is 0 Å². The van der Waals surface area contributed by atoms with Gasteiger partial charge in [-0.2, -0.15) is 5.10 Å². The van der Waals surface area contributed by atoms with Gasteiger partial charge in [0.05, 0.1) is 6.54 Å². The summed E-state index contributed by atoms with van der Waals surface area (Å²) in [5, 5.41) is 10.0. The summed E-state index contributed by atoms with van der Waals surface area (Å²) < 4.78 is 1.78. The number of benzene rings is 1. The average molecular weight is 287 g/mol. The second-order valence-electron chi connectivity index (χ2n) is 4.89. The van der Waals surface area contributed by atoms with E-state index >= 15 is 0 Å². The van der Waals surface area contributed by atoms with Crippen LogP contribution in [0.1, 0.15) is 24.0 Å². The molecule has 2 rings (SSSR count). The van der Waals surface area contributed by atoms with E-state index in [1.165, 1.54) is 6.33 Å². The SMILES string of the molecule is CNCCCC(=O)NCc1ccc(Cn2cncn2)cc1. The van der Waals surface area contributed by atoms with Gasteiger partial charge in [-0.25, -0.2) is 9.67 Å². The molecule has 0 atom stereocenters. The van der Waals surface area contributed by atoms with Crippen LogP contribution in [0.5, 0.6) is 0 Å². The Kier molecular flexibility index (Phi) is 5.90. The van der Waals surface area contributed by atoms with Crippen LogP contribution in [0.4, 0.5) is 0 Å². The Balaban J connectivity index is 1.75. The number of carbonyl (C=O) groups is 1. The van der Waals surface area contributed by atoms with Crippen LogP contribution in [0.25, 0.3) is 0 Å². The molecule has 0 aliphatic rings. The molecule has 0 bridgehead atoms. The molecule has 1 amide bonds. The normalized spacial score (nSPS) is 10.5. The Morgan fingerprint density at radius 3 is 2.67 bits per heavy atom. The summed E-state index contributed by atoms with van der Waals surface area (Å²) in [6, 6.07) is 8.15. The van der Waals surface area contributed by atoms with Gasteiger partial charge < -0.3 is 10.6 Å². The van der Waals surface area contributed by atoms with E-state index in [4.69, 9.17) is 0 Å². The van der Waals surface area contributed by atoms with Crippen LogP contribution in [0.2, 0.25) is 0 Å². The summed E-state index contributed by atoms with van der Waals surface area (Å²) >= 11 is 0. The van der Waals surface area contributed by atoms with E-state index in [0.29, 0.717) is 19.5 Å². The van der Waals surface area contributed by atoms with Gasteiger partial charge in [0.25, 0.3) is 0 Å². The maximum Gasteiger partial charge on any atom is 0.220 e. The quantitative estimate of drug-likeness (QED) is 0.709. The van der Waals surface area contributed by atoms with Crippen molar-refractivity contribution in [2.75, 3.05) is 13.6 Å². The molecule has 0 spiro atoms. The fourth-order valence-corrected chi connectivity index (χ4v) is 1.98. The van der Waals surface area contributed by atoms with Crippen molar-refractivity contribution in [3.63, 3.8) is 0 Å². The minimum atomic E-state index is 0.0944. The van der Waals surface area contributed by atoms with E-state index in [1.807, 2.05) is 31.3 Å². The van der Waals surface area contributed by atoms with Crippen molar-refractivity contribution in [1.82, 2.24) is 25.4 Å². The maximum absolute atomic E-state index is 11.6. The Labute approximate surface area is 124 Å². The number of carbonyl (C=O) groups excluding carboxylic acids is 1. The molecule has 6 heteroatoms. The average Bonchev–Trinajstić information content (AvgIpc) is 3.00. The summed E-state index contributed by atoms with van der Waals surface area (Å²) in [6.07, 6.45) is 4.64. The molecule has 0 aliphatic heterocycles. The Morgan fingerprint density at radius 2 is 2.00 bits per heavy atom. The third-order valence-electron chi connectivity index (χ3n) is 3.15. The number of hydrogen-bond acceptors (Lipinski definition) is 4. The zero-order valence-corrected chi connectivity index (χ0v) is 12.2. The Hall–Kier alpha value is -2.21. The van der Waals surface area contributed by atoms with Gasteiger partial charge in [0, 0.05) is 13.0 Å². The van der Waals surface area contributed by atoms with Crippen molar-refractivity contribution < 1.29 is 4.79 Å². The lowest BCUT2D eigenvalue weighted by molar-refractivity contribution is -0.121. The zero-order chi connectivity index (χ0) is 14.9. The van der Waals surface area contributed by atoms with Crippen molar-refractivity contribution >= 4 is 5.91 Å². The molecule has 1 heterocycles. The molecule has 0 saturated carbocycles. The molecule has 112 valence electrons. The summed E-state index contributed by atoms with van der Waals surface area (Å²) in [5.41, 5.74) is 2.25. The van der Waals surface area contributed by atoms with E-state index < -0.39 is 0 Å². The lowest BCUT2D eigenvalue weighted by atomic mass is 10.1. The summed E-state index contributed by atoms with van der Waals surface area (Å²) in [4.78, 5) is 15.5. The zero-order valence-electron chi connectivity index (χ0n) is 12.2. The van der Waals surface area contributed by atoms with Crippen molar-refractivity contribution in [3.05, 3.63) is 48.0 Å². The third-order valence-corrected chi connectivity index (χ3v) is 3.15. The van der Waals surface area contributed by atoms with Gasteiger partial charge in [-0.1, -0.05) is 24.3 Å². The van der Waals surface area contributed by atoms with Gasteiger partial charge in [0.2, 0.25) is 5.91 Å². The van der Waals surface area contributed by atoms with E-state index in [1.54, 1.807) is 11.0 Å². The van der Waals surface area contributed by atoms with Crippen LogP contribution in [-0.4, -0.2) is 34.3 Å². The Bertz CT molecular complexity index is 536. The van der Waals surface area contributed by atoms with Crippen LogP contribution in [0.15, 0.2) is 36.9 Å². The van der Waals surface area contributed by atoms with Crippen LogP contribution in [0, 0.1) is 0 Å². The van der Waals surface area contributed by atoms with Crippen molar-refractivity contribution in [2.45, 2.75) is 25.9 Å². The summed E-state index contributed by atoms with van der Waals surface area (Å²) in [6.45, 7) is 2.14. The summed E-state index contributed by atoms with van der Waals surface area (Å²) in [7, 11) is 1.89. The molecule has 0 saturated heterocycles. The van der Waals surface area contributed by atoms with Gasteiger partial charge >= 0.3 is 0 Å². The first-order valence-corrected chi connectivity index (χ1v) is 7.09. The molecule has 1 aromatic carbocycles. The second kappa shape index (κ2) is 8.16. The number of hydrogen-bond donors (Lipinski definition) is 2. The number of aromatic nitrogens is 3. The first-order valence-electron chi connectivity index (χ1n) is 7.09. The predicted molar refractivity (Wildman–Crippen MR) is 80.6 cm³/mol. The number of nitrogens with zero attached hydrogens (tertiary/aromatic N) is 3. The highest BCUT2D eigenvalue weighted by atomic mass is 16.1. The van der Waals surface area contributed by atoms with Crippen molar-refractivity contribution in [2.24, 2.45) is 0 Å². The highest BCUT2D eigenvalue weighted by Crippen LogP contribution is 2.06. The van der Waals surface area contributed by atoms with Gasteiger partial charge in [-0.15, -0.1) is 0 Å². The minimum absolute atomic E-state index is 0.0944. The number of nitrogens with one attached hydrogen (secondary N) is 2. The molecule has 0 radical (unpaired) electrons. The molecule has 6 nitrogen and oxygen atoms in total. The molecular formula is C15H21N5O. The van der Waals surface area contributed by atoms with Crippen LogP contribution in [0.3, 0.4) is 0 Å². The maximum atomic E-state index is 11.6. The number of amides is 1.